The van der Waals surface area contributed by atoms with Gasteiger partial charge in [-0.1, -0.05) is 18.2 Å². The van der Waals surface area contributed by atoms with Crippen LogP contribution in [0.2, 0.25) is 0 Å². The van der Waals surface area contributed by atoms with Crippen molar-refractivity contribution < 1.29 is 9.59 Å². The number of aryl methyl sites for hydroxylation is 1. The Morgan fingerprint density at radius 3 is 2.64 bits per heavy atom. The Morgan fingerprint density at radius 1 is 1.28 bits per heavy atom. The number of carbonyl (C=O) groups is 2. The van der Waals surface area contributed by atoms with Gasteiger partial charge in [-0.3, -0.25) is 9.59 Å². The molecule has 1 saturated heterocycles. The van der Waals surface area contributed by atoms with Crippen LogP contribution in [0.4, 0.5) is 5.69 Å². The Bertz CT molecular complexity index is 857. The lowest BCUT2D eigenvalue weighted by Crippen LogP contribution is -2.43. The molecule has 1 aliphatic rings. The van der Waals surface area contributed by atoms with E-state index in [-0.39, 0.29) is 17.5 Å². The van der Waals surface area contributed by atoms with E-state index < -0.39 is 6.04 Å². The standard InChI is InChI=1S/C19H18N4O2/c1-13-14(12-20)8-9-16(21-13)18(24)22(2)17-10-11-23(19(17)25)15-6-4-3-5-7-15/h3-9,17H,10-11H2,1-2H3/t17-/m1/s1. The maximum absolute atomic E-state index is 12.7. The number of carbonyl (C=O) groups excluding carboxylic acids is 2. The minimum Gasteiger partial charge on any atom is -0.328 e. The second-order valence-electron chi connectivity index (χ2n) is 5.99. The van der Waals surface area contributed by atoms with Gasteiger partial charge < -0.3 is 9.80 Å². The fourth-order valence-electron chi connectivity index (χ4n) is 3.01. The average Bonchev–Trinajstić information content (AvgIpc) is 3.02. The Morgan fingerprint density at radius 2 is 2.00 bits per heavy atom. The molecule has 2 amide bonds. The van der Waals surface area contributed by atoms with Gasteiger partial charge in [0.05, 0.1) is 11.3 Å². The number of anilines is 1. The topological polar surface area (TPSA) is 77.3 Å². The maximum atomic E-state index is 12.7. The number of benzene rings is 1. The van der Waals surface area contributed by atoms with Crippen LogP contribution in [0.5, 0.6) is 0 Å². The van der Waals surface area contributed by atoms with Crippen molar-refractivity contribution in [2.75, 3.05) is 18.5 Å². The normalized spacial score (nSPS) is 16.6. The Hall–Kier alpha value is -3.20. The molecule has 1 aromatic carbocycles. The lowest BCUT2D eigenvalue weighted by molar-refractivity contribution is -0.120. The number of pyridine rings is 1. The molecule has 126 valence electrons. The lowest BCUT2D eigenvalue weighted by atomic mass is 10.1. The Labute approximate surface area is 146 Å². The van der Waals surface area contributed by atoms with Crippen LogP contribution >= 0.6 is 0 Å². The first kappa shape index (κ1) is 16.7. The molecular weight excluding hydrogens is 316 g/mol. The van der Waals surface area contributed by atoms with Gasteiger partial charge in [0.25, 0.3) is 5.91 Å². The summed E-state index contributed by atoms with van der Waals surface area (Å²) in [6.45, 7) is 2.26. The van der Waals surface area contributed by atoms with Crippen LogP contribution < -0.4 is 4.90 Å². The zero-order valence-corrected chi connectivity index (χ0v) is 14.1. The van der Waals surface area contributed by atoms with Crippen LogP contribution in [0, 0.1) is 18.3 Å². The molecule has 0 aliphatic carbocycles. The predicted molar refractivity (Wildman–Crippen MR) is 93.0 cm³/mol. The van der Waals surface area contributed by atoms with Gasteiger partial charge in [-0.2, -0.15) is 5.26 Å². The monoisotopic (exact) mass is 334 g/mol. The number of amides is 2. The van der Waals surface area contributed by atoms with Gasteiger partial charge in [0.2, 0.25) is 5.91 Å². The first-order valence-corrected chi connectivity index (χ1v) is 8.04. The number of hydrogen-bond donors (Lipinski definition) is 0. The molecule has 6 nitrogen and oxygen atoms in total. The summed E-state index contributed by atoms with van der Waals surface area (Å²) in [7, 11) is 1.62. The van der Waals surface area contributed by atoms with Crippen LogP contribution in [0.25, 0.3) is 0 Å². The highest BCUT2D eigenvalue weighted by atomic mass is 16.2. The molecule has 2 aromatic rings. The second-order valence-corrected chi connectivity index (χ2v) is 5.99. The van der Waals surface area contributed by atoms with E-state index in [1.807, 2.05) is 36.4 Å². The second kappa shape index (κ2) is 6.73. The van der Waals surface area contributed by atoms with Gasteiger partial charge in [-0.15, -0.1) is 0 Å². The molecular formula is C19H18N4O2. The highest BCUT2D eigenvalue weighted by molar-refractivity contribution is 6.03. The molecule has 1 aromatic heterocycles. The summed E-state index contributed by atoms with van der Waals surface area (Å²) in [6.07, 6.45) is 0.575. The molecule has 0 unspecified atom stereocenters. The Balaban J connectivity index is 1.78. The summed E-state index contributed by atoms with van der Waals surface area (Å²) in [5.41, 5.74) is 2.02. The molecule has 0 saturated carbocycles. The van der Waals surface area contributed by atoms with Crippen molar-refractivity contribution in [1.82, 2.24) is 9.88 Å². The van der Waals surface area contributed by atoms with Crippen molar-refractivity contribution in [3.63, 3.8) is 0 Å². The Kier molecular flexibility index (Phi) is 4.48. The van der Waals surface area contributed by atoms with Gasteiger partial charge in [0.15, 0.2) is 0 Å². The SMILES string of the molecule is Cc1nc(C(=O)N(C)[C@@H]2CCN(c3ccccc3)C2=O)ccc1C#N. The molecule has 6 heteroatoms. The first-order valence-electron chi connectivity index (χ1n) is 8.04. The van der Waals surface area contributed by atoms with Crippen molar-refractivity contribution in [3.8, 4) is 6.07 Å². The number of likely N-dealkylation sites (N-methyl/N-ethyl adjacent to an activating group) is 1. The number of rotatable bonds is 3. The summed E-state index contributed by atoms with van der Waals surface area (Å²) in [5.74, 6) is -0.409. The first-order chi connectivity index (χ1) is 12.0. The molecule has 0 bridgehead atoms. The van der Waals surface area contributed by atoms with E-state index in [0.29, 0.717) is 24.2 Å². The average molecular weight is 334 g/mol. The summed E-state index contributed by atoms with van der Waals surface area (Å²) in [5, 5.41) is 8.97. The van der Waals surface area contributed by atoms with Crippen molar-refractivity contribution in [1.29, 1.82) is 5.26 Å². The van der Waals surface area contributed by atoms with E-state index in [4.69, 9.17) is 5.26 Å². The third-order valence-corrected chi connectivity index (χ3v) is 4.46. The summed E-state index contributed by atoms with van der Waals surface area (Å²) in [6, 6.07) is 14.1. The van der Waals surface area contributed by atoms with Crippen LogP contribution in [-0.4, -0.2) is 41.3 Å². The summed E-state index contributed by atoms with van der Waals surface area (Å²) >= 11 is 0. The highest BCUT2D eigenvalue weighted by Crippen LogP contribution is 2.24. The fourth-order valence-corrected chi connectivity index (χ4v) is 3.01. The molecule has 3 rings (SSSR count). The number of nitrogens with zero attached hydrogens (tertiary/aromatic N) is 4. The van der Waals surface area contributed by atoms with E-state index in [0.717, 1.165) is 5.69 Å². The maximum Gasteiger partial charge on any atom is 0.272 e. The van der Waals surface area contributed by atoms with E-state index in [1.165, 1.54) is 11.0 Å². The quantitative estimate of drug-likeness (QED) is 0.861. The van der Waals surface area contributed by atoms with Crippen LogP contribution in [0.15, 0.2) is 42.5 Å². The van der Waals surface area contributed by atoms with E-state index in [9.17, 15) is 9.59 Å². The van der Waals surface area contributed by atoms with Crippen molar-refractivity contribution in [3.05, 3.63) is 59.4 Å². The highest BCUT2D eigenvalue weighted by Gasteiger charge is 2.37. The molecule has 25 heavy (non-hydrogen) atoms. The predicted octanol–water partition coefficient (Wildman–Crippen LogP) is 2.14. The number of nitriles is 1. The zero-order valence-electron chi connectivity index (χ0n) is 14.1. The van der Waals surface area contributed by atoms with Gasteiger partial charge in [0.1, 0.15) is 17.8 Å². The third-order valence-electron chi connectivity index (χ3n) is 4.46. The van der Waals surface area contributed by atoms with Crippen molar-refractivity contribution in [2.24, 2.45) is 0 Å². The van der Waals surface area contributed by atoms with E-state index in [1.54, 1.807) is 24.9 Å². The number of aromatic nitrogens is 1. The van der Waals surface area contributed by atoms with Gasteiger partial charge in [-0.05, 0) is 37.6 Å². The smallest absolute Gasteiger partial charge is 0.272 e. The van der Waals surface area contributed by atoms with Crippen molar-refractivity contribution in [2.45, 2.75) is 19.4 Å². The molecule has 0 N–H and O–H groups in total. The fraction of sp³-hybridized carbons (Fsp3) is 0.263. The van der Waals surface area contributed by atoms with Gasteiger partial charge in [0, 0.05) is 19.3 Å². The third kappa shape index (κ3) is 3.09. The van der Waals surface area contributed by atoms with Gasteiger partial charge in [-0.25, -0.2) is 4.98 Å². The number of para-hydroxylation sites is 1. The van der Waals surface area contributed by atoms with E-state index in [2.05, 4.69) is 4.98 Å². The largest absolute Gasteiger partial charge is 0.328 e. The van der Waals surface area contributed by atoms with Crippen LogP contribution in [0.3, 0.4) is 0 Å². The molecule has 1 fully saturated rings. The molecule has 1 atom stereocenters. The van der Waals surface area contributed by atoms with E-state index >= 15 is 0 Å². The molecule has 2 heterocycles. The zero-order chi connectivity index (χ0) is 18.0. The molecule has 1 aliphatic heterocycles. The minimum atomic E-state index is -0.509. The molecule has 0 spiro atoms. The summed E-state index contributed by atoms with van der Waals surface area (Å²) in [4.78, 5) is 32.7. The van der Waals surface area contributed by atoms with Gasteiger partial charge >= 0.3 is 0 Å². The number of hydrogen-bond acceptors (Lipinski definition) is 4. The molecule has 0 radical (unpaired) electrons. The minimum absolute atomic E-state index is 0.0904. The summed E-state index contributed by atoms with van der Waals surface area (Å²) < 4.78 is 0. The van der Waals surface area contributed by atoms with Crippen molar-refractivity contribution >= 4 is 17.5 Å². The van der Waals surface area contributed by atoms with Crippen LogP contribution in [-0.2, 0) is 4.79 Å². The van der Waals surface area contributed by atoms with Crippen LogP contribution in [0.1, 0.15) is 28.2 Å². The lowest BCUT2D eigenvalue weighted by Gasteiger charge is -2.24.